The Balaban J connectivity index is 1.98. The number of benzene rings is 1. The molecule has 0 radical (unpaired) electrons. The molecule has 0 saturated heterocycles. The number of aromatic nitrogens is 2. The fourth-order valence-corrected chi connectivity index (χ4v) is 1.53. The molecular weight excluding hydrogens is 244 g/mol. The van der Waals surface area contributed by atoms with Crippen molar-refractivity contribution < 1.29 is 14.6 Å². The van der Waals surface area contributed by atoms with Crippen LogP contribution in [0.25, 0.3) is 0 Å². The predicted molar refractivity (Wildman–Crippen MR) is 70.1 cm³/mol. The lowest BCUT2D eigenvalue weighted by Crippen LogP contribution is -1.95. The lowest BCUT2D eigenvalue weighted by Gasteiger charge is -2.05. The van der Waals surface area contributed by atoms with Crippen molar-refractivity contribution in [1.29, 1.82) is 0 Å². The first kappa shape index (κ1) is 13.5. The van der Waals surface area contributed by atoms with E-state index in [1.54, 1.807) is 7.11 Å². The van der Waals surface area contributed by atoms with Gasteiger partial charge in [-0.05, 0) is 24.1 Å². The molecule has 0 fully saturated rings. The van der Waals surface area contributed by atoms with Crippen LogP contribution in [0.15, 0.2) is 36.7 Å². The zero-order chi connectivity index (χ0) is 13.5. The Kier molecular flexibility index (Phi) is 4.83. The molecule has 2 aromatic rings. The molecule has 5 nitrogen and oxygen atoms in total. The third kappa shape index (κ3) is 4.01. The van der Waals surface area contributed by atoms with Gasteiger partial charge in [-0.3, -0.25) is 0 Å². The molecule has 0 aliphatic heterocycles. The van der Waals surface area contributed by atoms with Crippen molar-refractivity contribution in [2.24, 2.45) is 0 Å². The molecule has 5 heteroatoms. The van der Waals surface area contributed by atoms with Crippen molar-refractivity contribution in [1.82, 2.24) is 9.97 Å². The van der Waals surface area contributed by atoms with Crippen molar-refractivity contribution in [3.05, 3.63) is 47.8 Å². The summed E-state index contributed by atoms with van der Waals surface area (Å²) in [5.74, 6) is 0.679. The van der Waals surface area contributed by atoms with Crippen molar-refractivity contribution >= 4 is 0 Å². The SMILES string of the molecule is COCCc1ccc(Oc2ncc(CO)cn2)cc1. The van der Waals surface area contributed by atoms with E-state index in [4.69, 9.17) is 14.6 Å². The third-order valence-corrected chi connectivity index (χ3v) is 2.59. The summed E-state index contributed by atoms with van der Waals surface area (Å²) in [6.45, 7) is 0.625. The Morgan fingerprint density at radius 2 is 1.74 bits per heavy atom. The van der Waals surface area contributed by atoms with Crippen LogP contribution in [0.3, 0.4) is 0 Å². The second kappa shape index (κ2) is 6.82. The van der Waals surface area contributed by atoms with Gasteiger partial charge in [0.15, 0.2) is 0 Å². The maximum atomic E-state index is 8.89. The summed E-state index contributed by atoms with van der Waals surface area (Å²) in [5.41, 5.74) is 1.84. The zero-order valence-electron chi connectivity index (χ0n) is 10.7. The van der Waals surface area contributed by atoms with Gasteiger partial charge in [0.05, 0.1) is 13.2 Å². The van der Waals surface area contributed by atoms with E-state index in [0.717, 1.165) is 6.42 Å². The molecule has 0 aliphatic rings. The predicted octanol–water partition coefficient (Wildman–Crippen LogP) is 1.95. The van der Waals surface area contributed by atoms with E-state index < -0.39 is 0 Å². The first-order valence-electron chi connectivity index (χ1n) is 5.99. The topological polar surface area (TPSA) is 64.5 Å². The summed E-state index contributed by atoms with van der Waals surface area (Å²) >= 11 is 0. The molecule has 1 aromatic carbocycles. The Labute approximate surface area is 111 Å². The molecule has 0 unspecified atom stereocenters. The van der Waals surface area contributed by atoms with Crippen molar-refractivity contribution in [2.75, 3.05) is 13.7 Å². The van der Waals surface area contributed by atoms with Crippen LogP contribution >= 0.6 is 0 Å². The number of aliphatic hydroxyl groups excluding tert-OH is 1. The summed E-state index contributed by atoms with van der Waals surface area (Å²) < 4.78 is 10.5. The number of nitrogens with zero attached hydrogens (tertiary/aromatic N) is 2. The van der Waals surface area contributed by atoms with Crippen molar-refractivity contribution in [3.63, 3.8) is 0 Å². The van der Waals surface area contributed by atoms with Gasteiger partial charge in [0.25, 0.3) is 0 Å². The second-order valence-electron chi connectivity index (χ2n) is 4.02. The largest absolute Gasteiger partial charge is 0.424 e. The maximum Gasteiger partial charge on any atom is 0.321 e. The van der Waals surface area contributed by atoms with Crippen LogP contribution in [0.1, 0.15) is 11.1 Å². The fourth-order valence-electron chi connectivity index (χ4n) is 1.53. The Bertz CT molecular complexity index is 497. The summed E-state index contributed by atoms with van der Waals surface area (Å²) in [4.78, 5) is 8.01. The lowest BCUT2D eigenvalue weighted by atomic mass is 10.1. The van der Waals surface area contributed by atoms with Crippen LogP contribution in [-0.4, -0.2) is 28.8 Å². The van der Waals surface area contributed by atoms with Crippen LogP contribution in [-0.2, 0) is 17.8 Å². The number of ether oxygens (including phenoxy) is 2. The van der Waals surface area contributed by atoms with Crippen LogP contribution in [0, 0.1) is 0 Å². The second-order valence-corrected chi connectivity index (χ2v) is 4.02. The highest BCUT2D eigenvalue weighted by atomic mass is 16.5. The van der Waals surface area contributed by atoms with E-state index in [0.29, 0.717) is 17.9 Å². The molecule has 19 heavy (non-hydrogen) atoms. The summed E-state index contributed by atoms with van der Waals surface area (Å²) in [6, 6.07) is 7.97. The first-order chi connectivity index (χ1) is 9.31. The molecule has 1 aromatic heterocycles. The minimum atomic E-state index is -0.0749. The smallest absolute Gasteiger partial charge is 0.321 e. The summed E-state index contributed by atoms with van der Waals surface area (Å²) in [6.07, 6.45) is 3.95. The van der Waals surface area contributed by atoms with E-state index in [2.05, 4.69) is 9.97 Å². The van der Waals surface area contributed by atoms with Crippen LogP contribution < -0.4 is 4.74 Å². The average molecular weight is 260 g/mol. The van der Waals surface area contributed by atoms with Crippen molar-refractivity contribution in [3.8, 4) is 11.8 Å². The van der Waals surface area contributed by atoms with Gasteiger partial charge in [0, 0.05) is 25.1 Å². The third-order valence-electron chi connectivity index (χ3n) is 2.59. The monoisotopic (exact) mass is 260 g/mol. The van der Waals surface area contributed by atoms with Gasteiger partial charge in [-0.2, -0.15) is 0 Å². The molecule has 2 rings (SSSR count). The molecule has 0 spiro atoms. The maximum absolute atomic E-state index is 8.89. The molecule has 0 atom stereocenters. The molecule has 0 aliphatic carbocycles. The highest BCUT2D eigenvalue weighted by molar-refractivity contribution is 5.29. The van der Waals surface area contributed by atoms with Gasteiger partial charge in [0.1, 0.15) is 5.75 Å². The zero-order valence-corrected chi connectivity index (χ0v) is 10.7. The minimum Gasteiger partial charge on any atom is -0.424 e. The minimum absolute atomic E-state index is 0.0749. The summed E-state index contributed by atoms with van der Waals surface area (Å²) in [7, 11) is 1.69. The van der Waals surface area contributed by atoms with Crippen LogP contribution in [0.2, 0.25) is 0 Å². The Morgan fingerprint density at radius 1 is 1.05 bits per heavy atom. The standard InChI is InChI=1S/C14H16N2O3/c1-18-7-6-11-2-4-13(5-3-11)19-14-15-8-12(10-17)9-16-14/h2-5,8-9,17H,6-7,10H2,1H3. The average Bonchev–Trinajstić information content (AvgIpc) is 2.47. The molecule has 0 bridgehead atoms. The number of hydrogen-bond acceptors (Lipinski definition) is 5. The van der Waals surface area contributed by atoms with E-state index in [9.17, 15) is 0 Å². The number of hydrogen-bond donors (Lipinski definition) is 1. The summed E-state index contributed by atoms with van der Waals surface area (Å²) in [5, 5.41) is 8.89. The van der Waals surface area contributed by atoms with E-state index >= 15 is 0 Å². The van der Waals surface area contributed by atoms with Gasteiger partial charge in [-0.15, -0.1) is 0 Å². The normalized spacial score (nSPS) is 10.4. The highest BCUT2D eigenvalue weighted by Crippen LogP contribution is 2.18. The van der Waals surface area contributed by atoms with Gasteiger partial charge in [-0.1, -0.05) is 12.1 Å². The quantitative estimate of drug-likeness (QED) is 0.860. The van der Waals surface area contributed by atoms with E-state index in [-0.39, 0.29) is 12.6 Å². The Hall–Kier alpha value is -1.98. The van der Waals surface area contributed by atoms with Gasteiger partial charge in [-0.25, -0.2) is 9.97 Å². The van der Waals surface area contributed by atoms with Crippen LogP contribution in [0.5, 0.6) is 11.8 Å². The molecule has 1 N–H and O–H groups in total. The lowest BCUT2D eigenvalue weighted by molar-refractivity contribution is 0.202. The fraction of sp³-hybridized carbons (Fsp3) is 0.286. The Morgan fingerprint density at radius 3 is 2.32 bits per heavy atom. The number of rotatable bonds is 6. The number of aliphatic hydroxyl groups is 1. The highest BCUT2D eigenvalue weighted by Gasteiger charge is 2.01. The molecule has 100 valence electrons. The first-order valence-corrected chi connectivity index (χ1v) is 5.99. The van der Waals surface area contributed by atoms with E-state index in [1.807, 2.05) is 24.3 Å². The molecule has 0 saturated carbocycles. The molecular formula is C14H16N2O3. The van der Waals surface area contributed by atoms with Crippen LogP contribution in [0.4, 0.5) is 0 Å². The number of methoxy groups -OCH3 is 1. The molecule has 1 heterocycles. The molecule has 0 amide bonds. The van der Waals surface area contributed by atoms with Gasteiger partial charge >= 0.3 is 6.01 Å². The van der Waals surface area contributed by atoms with Crippen molar-refractivity contribution in [2.45, 2.75) is 13.0 Å². The van der Waals surface area contributed by atoms with Gasteiger partial charge in [0.2, 0.25) is 0 Å². The van der Waals surface area contributed by atoms with Gasteiger partial charge < -0.3 is 14.6 Å². The van der Waals surface area contributed by atoms with E-state index in [1.165, 1.54) is 18.0 Å².